The van der Waals surface area contributed by atoms with Gasteiger partial charge in [0.05, 0.1) is 4.92 Å². The molecule has 0 spiro atoms. The molecule has 4 aromatic rings. The first-order chi connectivity index (χ1) is 12.7. The standard InChI is InChI=1S/C22H14ClNO2/c23-22-19(13-6-14-20(22)24(25)26)18-12-5-10-16-9-4-11-17(21(16)18)15-7-2-1-3-8-15/h1-14H. The molecule has 0 atom stereocenters. The highest BCUT2D eigenvalue weighted by atomic mass is 35.5. The van der Waals surface area contributed by atoms with Crippen LogP contribution in [0.2, 0.25) is 5.02 Å². The predicted octanol–water partition coefficient (Wildman–Crippen LogP) is 6.74. The Morgan fingerprint density at radius 2 is 1.31 bits per heavy atom. The number of rotatable bonds is 3. The monoisotopic (exact) mass is 359 g/mol. The summed E-state index contributed by atoms with van der Waals surface area (Å²) in [7, 11) is 0. The van der Waals surface area contributed by atoms with Gasteiger partial charge in [-0.1, -0.05) is 90.5 Å². The molecule has 0 bridgehead atoms. The van der Waals surface area contributed by atoms with E-state index in [4.69, 9.17) is 11.6 Å². The van der Waals surface area contributed by atoms with E-state index < -0.39 is 4.92 Å². The molecule has 0 fully saturated rings. The van der Waals surface area contributed by atoms with Gasteiger partial charge in [-0.15, -0.1) is 0 Å². The number of halogens is 1. The molecule has 0 radical (unpaired) electrons. The largest absolute Gasteiger partial charge is 0.288 e. The number of benzene rings is 4. The molecule has 0 amide bonds. The van der Waals surface area contributed by atoms with Gasteiger partial charge in [0, 0.05) is 11.6 Å². The third-order valence-electron chi connectivity index (χ3n) is 4.45. The number of nitro benzene ring substituents is 1. The highest BCUT2D eigenvalue weighted by Gasteiger charge is 2.18. The Balaban J connectivity index is 2.07. The molecular formula is C22H14ClNO2. The van der Waals surface area contributed by atoms with Gasteiger partial charge in [0.2, 0.25) is 0 Å². The third kappa shape index (κ3) is 2.72. The summed E-state index contributed by atoms with van der Waals surface area (Å²) in [4.78, 5) is 10.8. The first kappa shape index (κ1) is 16.3. The highest BCUT2D eigenvalue weighted by Crippen LogP contribution is 2.41. The van der Waals surface area contributed by atoms with Gasteiger partial charge in [-0.05, 0) is 27.5 Å². The van der Waals surface area contributed by atoms with Crippen LogP contribution < -0.4 is 0 Å². The van der Waals surface area contributed by atoms with E-state index in [0.717, 1.165) is 27.5 Å². The van der Waals surface area contributed by atoms with E-state index >= 15 is 0 Å². The summed E-state index contributed by atoms with van der Waals surface area (Å²) >= 11 is 6.40. The van der Waals surface area contributed by atoms with Crippen molar-refractivity contribution >= 4 is 28.1 Å². The van der Waals surface area contributed by atoms with E-state index in [9.17, 15) is 10.1 Å². The van der Waals surface area contributed by atoms with Gasteiger partial charge < -0.3 is 0 Å². The molecule has 4 rings (SSSR count). The average molecular weight is 360 g/mol. The summed E-state index contributed by atoms with van der Waals surface area (Å²) < 4.78 is 0. The SMILES string of the molecule is O=[N+]([O-])c1cccc(-c2cccc3cccc(-c4ccccc4)c23)c1Cl. The summed E-state index contributed by atoms with van der Waals surface area (Å²) in [5, 5.41) is 13.5. The smallest absolute Gasteiger partial charge is 0.258 e. The van der Waals surface area contributed by atoms with Crippen LogP contribution in [0, 0.1) is 10.1 Å². The van der Waals surface area contributed by atoms with Crippen molar-refractivity contribution in [3.63, 3.8) is 0 Å². The summed E-state index contributed by atoms with van der Waals surface area (Å²) in [6.07, 6.45) is 0. The van der Waals surface area contributed by atoms with Gasteiger partial charge in [-0.25, -0.2) is 0 Å². The highest BCUT2D eigenvalue weighted by molar-refractivity contribution is 6.36. The first-order valence-electron chi connectivity index (χ1n) is 8.17. The van der Waals surface area contributed by atoms with Gasteiger partial charge in [-0.2, -0.15) is 0 Å². The minimum absolute atomic E-state index is 0.0849. The van der Waals surface area contributed by atoms with Crippen LogP contribution in [0.3, 0.4) is 0 Å². The minimum Gasteiger partial charge on any atom is -0.258 e. The van der Waals surface area contributed by atoms with E-state index in [1.165, 1.54) is 6.07 Å². The Kier molecular flexibility index (Phi) is 4.15. The van der Waals surface area contributed by atoms with Crippen LogP contribution in [0.15, 0.2) is 84.9 Å². The van der Waals surface area contributed by atoms with Crippen LogP contribution in [0.1, 0.15) is 0 Å². The molecule has 4 heteroatoms. The molecule has 0 aromatic heterocycles. The molecule has 0 aliphatic carbocycles. The summed E-state index contributed by atoms with van der Waals surface area (Å²) in [6.45, 7) is 0. The first-order valence-corrected chi connectivity index (χ1v) is 8.55. The zero-order valence-corrected chi connectivity index (χ0v) is 14.5. The van der Waals surface area contributed by atoms with Gasteiger partial charge >= 0.3 is 0 Å². The van der Waals surface area contributed by atoms with Crippen molar-refractivity contribution in [1.29, 1.82) is 0 Å². The van der Waals surface area contributed by atoms with Crippen LogP contribution >= 0.6 is 11.6 Å². The minimum atomic E-state index is -0.449. The second-order valence-corrected chi connectivity index (χ2v) is 6.35. The molecule has 26 heavy (non-hydrogen) atoms. The Hall–Kier alpha value is -3.17. The maximum Gasteiger partial charge on any atom is 0.288 e. The van der Waals surface area contributed by atoms with Crippen molar-refractivity contribution in [2.24, 2.45) is 0 Å². The average Bonchev–Trinajstić information content (AvgIpc) is 2.68. The summed E-state index contributed by atoms with van der Waals surface area (Å²) in [5.41, 5.74) is 3.62. The van der Waals surface area contributed by atoms with Gasteiger partial charge in [0.15, 0.2) is 0 Å². The van der Waals surface area contributed by atoms with Gasteiger partial charge in [0.1, 0.15) is 5.02 Å². The fourth-order valence-electron chi connectivity index (χ4n) is 3.29. The van der Waals surface area contributed by atoms with Crippen LogP contribution in [0.5, 0.6) is 0 Å². The zero-order chi connectivity index (χ0) is 18.1. The molecular weight excluding hydrogens is 346 g/mol. The van der Waals surface area contributed by atoms with Gasteiger partial charge in [0.25, 0.3) is 5.69 Å². The Morgan fingerprint density at radius 3 is 2.00 bits per heavy atom. The molecule has 0 heterocycles. The molecule has 0 aliphatic heterocycles. The number of nitrogens with zero attached hydrogens (tertiary/aromatic N) is 1. The normalized spacial score (nSPS) is 10.8. The van der Waals surface area contributed by atoms with Crippen molar-refractivity contribution in [3.05, 3.63) is 100 Å². The molecule has 0 N–H and O–H groups in total. The fourth-order valence-corrected chi connectivity index (χ4v) is 3.59. The third-order valence-corrected chi connectivity index (χ3v) is 4.85. The molecule has 126 valence electrons. The second kappa shape index (κ2) is 6.62. The van der Waals surface area contributed by atoms with E-state index in [1.54, 1.807) is 6.07 Å². The number of fused-ring (bicyclic) bond motifs is 1. The number of nitro groups is 1. The van der Waals surface area contributed by atoms with Crippen LogP contribution in [0.4, 0.5) is 5.69 Å². The zero-order valence-electron chi connectivity index (χ0n) is 13.7. The van der Waals surface area contributed by atoms with E-state index in [-0.39, 0.29) is 10.7 Å². The fraction of sp³-hybridized carbons (Fsp3) is 0. The van der Waals surface area contributed by atoms with E-state index in [2.05, 4.69) is 18.2 Å². The van der Waals surface area contributed by atoms with Crippen LogP contribution in [-0.2, 0) is 0 Å². The van der Waals surface area contributed by atoms with Crippen molar-refractivity contribution < 1.29 is 4.92 Å². The maximum absolute atomic E-state index is 11.3. The summed E-state index contributed by atoms with van der Waals surface area (Å²) in [6, 6.07) is 27.1. The molecule has 0 unspecified atom stereocenters. The van der Waals surface area contributed by atoms with E-state index in [1.807, 2.05) is 54.6 Å². The van der Waals surface area contributed by atoms with Crippen molar-refractivity contribution in [2.75, 3.05) is 0 Å². The topological polar surface area (TPSA) is 43.1 Å². The Bertz CT molecular complexity index is 1120. The molecule has 4 aromatic carbocycles. The number of hydrogen-bond acceptors (Lipinski definition) is 2. The van der Waals surface area contributed by atoms with Crippen molar-refractivity contribution in [3.8, 4) is 22.3 Å². The molecule has 3 nitrogen and oxygen atoms in total. The molecule has 0 aliphatic rings. The van der Waals surface area contributed by atoms with E-state index in [0.29, 0.717) is 5.56 Å². The summed E-state index contributed by atoms with van der Waals surface area (Å²) in [5.74, 6) is 0. The van der Waals surface area contributed by atoms with Crippen LogP contribution in [0.25, 0.3) is 33.0 Å². The lowest BCUT2D eigenvalue weighted by atomic mass is 9.91. The molecule has 0 saturated carbocycles. The quantitative estimate of drug-likeness (QED) is 0.300. The van der Waals surface area contributed by atoms with Crippen LogP contribution in [-0.4, -0.2) is 4.92 Å². The lowest BCUT2D eigenvalue weighted by Gasteiger charge is -2.13. The maximum atomic E-state index is 11.3. The predicted molar refractivity (Wildman–Crippen MR) is 106 cm³/mol. The lowest BCUT2D eigenvalue weighted by Crippen LogP contribution is -1.92. The van der Waals surface area contributed by atoms with Crippen molar-refractivity contribution in [2.45, 2.75) is 0 Å². The Labute approximate surface area is 155 Å². The Morgan fingerprint density at radius 1 is 0.692 bits per heavy atom. The molecule has 0 saturated heterocycles. The second-order valence-electron chi connectivity index (χ2n) is 5.97. The van der Waals surface area contributed by atoms with Crippen molar-refractivity contribution in [1.82, 2.24) is 0 Å². The number of hydrogen-bond donors (Lipinski definition) is 0. The lowest BCUT2D eigenvalue weighted by molar-refractivity contribution is -0.384. The van der Waals surface area contributed by atoms with Gasteiger partial charge in [-0.3, -0.25) is 10.1 Å².